The van der Waals surface area contributed by atoms with E-state index in [4.69, 9.17) is 4.74 Å². The summed E-state index contributed by atoms with van der Waals surface area (Å²) in [4.78, 5) is 13.2. The standard InChI is InChI=1S/C17H23NO2S/c1-5-11-18-12-15(13-9-7-8-10-14(13)18)21-17(3,4)16(19)20-6-2/h7-10,12H,5-6,11H2,1-4H3. The van der Waals surface area contributed by atoms with Crippen molar-refractivity contribution in [3.05, 3.63) is 30.5 Å². The molecule has 0 aliphatic rings. The van der Waals surface area contributed by atoms with Crippen LogP contribution >= 0.6 is 11.8 Å². The predicted molar refractivity (Wildman–Crippen MR) is 88.8 cm³/mol. The zero-order chi connectivity index (χ0) is 15.5. The number of benzene rings is 1. The van der Waals surface area contributed by atoms with Crippen LogP contribution in [0.15, 0.2) is 35.4 Å². The van der Waals surface area contributed by atoms with Crippen LogP contribution in [0.4, 0.5) is 0 Å². The second-order valence-corrected chi connectivity index (χ2v) is 7.20. The van der Waals surface area contributed by atoms with Gasteiger partial charge in [-0.25, -0.2) is 0 Å². The molecule has 0 aliphatic carbocycles. The van der Waals surface area contributed by atoms with Crippen LogP contribution in [-0.2, 0) is 16.1 Å². The average molecular weight is 305 g/mol. The van der Waals surface area contributed by atoms with Gasteiger partial charge in [0.2, 0.25) is 0 Å². The molecule has 0 radical (unpaired) electrons. The lowest BCUT2D eigenvalue weighted by Crippen LogP contribution is -2.29. The molecule has 21 heavy (non-hydrogen) atoms. The number of rotatable bonds is 6. The van der Waals surface area contributed by atoms with Gasteiger partial charge < -0.3 is 9.30 Å². The Morgan fingerprint density at radius 3 is 2.67 bits per heavy atom. The van der Waals surface area contributed by atoms with Crippen LogP contribution < -0.4 is 0 Å². The van der Waals surface area contributed by atoms with E-state index in [1.807, 2.05) is 26.8 Å². The van der Waals surface area contributed by atoms with E-state index in [2.05, 4.69) is 35.9 Å². The number of aromatic nitrogens is 1. The third kappa shape index (κ3) is 3.43. The largest absolute Gasteiger partial charge is 0.465 e. The SMILES string of the molecule is CCCn1cc(SC(C)(C)C(=O)OCC)c2ccccc21. The minimum atomic E-state index is -0.586. The Kier molecular flexibility index (Phi) is 4.99. The number of esters is 1. The number of ether oxygens (including phenoxy) is 1. The highest BCUT2D eigenvalue weighted by Crippen LogP contribution is 2.38. The van der Waals surface area contributed by atoms with Crippen molar-refractivity contribution in [2.45, 2.75) is 50.3 Å². The maximum atomic E-state index is 12.1. The van der Waals surface area contributed by atoms with Gasteiger partial charge in [-0.1, -0.05) is 25.1 Å². The molecule has 2 rings (SSSR count). The lowest BCUT2D eigenvalue weighted by molar-refractivity contribution is -0.145. The summed E-state index contributed by atoms with van der Waals surface area (Å²) in [7, 11) is 0. The molecule has 0 atom stereocenters. The molecule has 0 unspecified atom stereocenters. The minimum absolute atomic E-state index is 0.165. The Morgan fingerprint density at radius 1 is 1.29 bits per heavy atom. The first kappa shape index (κ1) is 16.0. The first-order chi connectivity index (χ1) is 9.99. The van der Waals surface area contributed by atoms with Crippen LogP contribution in [0.5, 0.6) is 0 Å². The van der Waals surface area contributed by atoms with Crippen molar-refractivity contribution >= 4 is 28.6 Å². The molecule has 2 aromatic rings. The fourth-order valence-electron chi connectivity index (χ4n) is 2.34. The Bertz CT molecular complexity index is 631. The van der Waals surface area contributed by atoms with Gasteiger partial charge in [0.15, 0.2) is 0 Å². The number of carbonyl (C=O) groups is 1. The Hall–Kier alpha value is -1.42. The quantitative estimate of drug-likeness (QED) is 0.582. The van der Waals surface area contributed by atoms with E-state index in [0.717, 1.165) is 17.9 Å². The van der Waals surface area contributed by atoms with Crippen molar-refractivity contribution in [1.82, 2.24) is 4.57 Å². The fraction of sp³-hybridized carbons (Fsp3) is 0.471. The summed E-state index contributed by atoms with van der Waals surface area (Å²) in [5, 5.41) is 1.20. The van der Waals surface area contributed by atoms with Crippen molar-refractivity contribution < 1.29 is 9.53 Å². The molecule has 1 heterocycles. The molecule has 1 aromatic carbocycles. The van der Waals surface area contributed by atoms with Crippen LogP contribution in [0.3, 0.4) is 0 Å². The van der Waals surface area contributed by atoms with Crippen molar-refractivity contribution in [2.24, 2.45) is 0 Å². The van der Waals surface area contributed by atoms with Gasteiger partial charge in [0.05, 0.1) is 6.61 Å². The van der Waals surface area contributed by atoms with Gasteiger partial charge in [-0.3, -0.25) is 4.79 Å². The molecule has 0 amide bonds. The third-order valence-electron chi connectivity index (χ3n) is 3.35. The van der Waals surface area contributed by atoms with Gasteiger partial charge in [0, 0.05) is 28.5 Å². The second-order valence-electron chi connectivity index (χ2n) is 5.54. The molecular weight excluding hydrogens is 282 g/mol. The second kappa shape index (κ2) is 6.56. The molecule has 0 aliphatic heterocycles. The van der Waals surface area contributed by atoms with E-state index in [0.29, 0.717) is 6.61 Å². The van der Waals surface area contributed by atoms with Crippen LogP contribution in [0.25, 0.3) is 10.9 Å². The van der Waals surface area contributed by atoms with Gasteiger partial charge in [-0.2, -0.15) is 0 Å². The molecule has 0 N–H and O–H groups in total. The number of hydrogen-bond acceptors (Lipinski definition) is 3. The van der Waals surface area contributed by atoms with Gasteiger partial charge in [0.25, 0.3) is 0 Å². The monoisotopic (exact) mass is 305 g/mol. The summed E-state index contributed by atoms with van der Waals surface area (Å²) in [6.07, 6.45) is 3.24. The zero-order valence-corrected chi connectivity index (χ0v) is 14.0. The van der Waals surface area contributed by atoms with E-state index in [1.54, 1.807) is 11.8 Å². The summed E-state index contributed by atoms with van der Waals surface area (Å²) in [5.74, 6) is -0.165. The van der Waals surface area contributed by atoms with Gasteiger partial charge in [-0.05, 0) is 33.3 Å². The number of fused-ring (bicyclic) bond motifs is 1. The highest BCUT2D eigenvalue weighted by atomic mass is 32.2. The third-order valence-corrected chi connectivity index (χ3v) is 4.57. The van der Waals surface area contributed by atoms with Gasteiger partial charge in [-0.15, -0.1) is 11.8 Å². The zero-order valence-electron chi connectivity index (χ0n) is 13.2. The van der Waals surface area contributed by atoms with E-state index in [1.165, 1.54) is 10.9 Å². The summed E-state index contributed by atoms with van der Waals surface area (Å²) >= 11 is 1.57. The molecule has 0 saturated carbocycles. The minimum Gasteiger partial charge on any atom is -0.465 e. The van der Waals surface area contributed by atoms with E-state index in [-0.39, 0.29) is 5.97 Å². The number of nitrogens with zero attached hydrogens (tertiary/aromatic N) is 1. The number of thioether (sulfide) groups is 1. The van der Waals surface area contributed by atoms with Crippen LogP contribution in [0.1, 0.15) is 34.1 Å². The van der Waals surface area contributed by atoms with Crippen LogP contribution in [-0.4, -0.2) is 21.9 Å². The molecule has 0 bridgehead atoms. The molecular formula is C17H23NO2S. The highest BCUT2D eigenvalue weighted by Gasteiger charge is 2.31. The molecule has 114 valence electrons. The van der Waals surface area contributed by atoms with Crippen molar-refractivity contribution in [3.63, 3.8) is 0 Å². The molecule has 3 nitrogen and oxygen atoms in total. The van der Waals surface area contributed by atoms with E-state index >= 15 is 0 Å². The number of carbonyl (C=O) groups excluding carboxylic acids is 1. The number of aryl methyl sites for hydroxylation is 1. The van der Waals surface area contributed by atoms with Crippen LogP contribution in [0, 0.1) is 0 Å². The lowest BCUT2D eigenvalue weighted by Gasteiger charge is -2.21. The highest BCUT2D eigenvalue weighted by molar-refractivity contribution is 8.01. The fourth-order valence-corrected chi connectivity index (χ4v) is 3.50. The lowest BCUT2D eigenvalue weighted by atomic mass is 10.2. The Balaban J connectivity index is 2.36. The average Bonchev–Trinajstić information content (AvgIpc) is 2.78. The predicted octanol–water partition coefficient (Wildman–Crippen LogP) is 4.49. The van der Waals surface area contributed by atoms with Gasteiger partial charge >= 0.3 is 5.97 Å². The van der Waals surface area contributed by atoms with E-state index < -0.39 is 4.75 Å². The van der Waals surface area contributed by atoms with Gasteiger partial charge in [0.1, 0.15) is 4.75 Å². The molecule has 1 aromatic heterocycles. The maximum absolute atomic E-state index is 12.1. The van der Waals surface area contributed by atoms with Crippen molar-refractivity contribution in [3.8, 4) is 0 Å². The van der Waals surface area contributed by atoms with Crippen LogP contribution in [0.2, 0.25) is 0 Å². The normalized spacial score (nSPS) is 11.8. The Labute approximate surface area is 130 Å². The van der Waals surface area contributed by atoms with E-state index in [9.17, 15) is 4.79 Å². The number of para-hydroxylation sites is 1. The summed E-state index contributed by atoms with van der Waals surface area (Å²) in [6, 6.07) is 8.34. The first-order valence-electron chi connectivity index (χ1n) is 7.43. The smallest absolute Gasteiger partial charge is 0.321 e. The topological polar surface area (TPSA) is 31.2 Å². The summed E-state index contributed by atoms with van der Waals surface area (Å²) in [6.45, 7) is 9.25. The summed E-state index contributed by atoms with van der Waals surface area (Å²) in [5.41, 5.74) is 1.22. The molecule has 0 saturated heterocycles. The van der Waals surface area contributed by atoms with Crippen molar-refractivity contribution in [2.75, 3.05) is 6.61 Å². The van der Waals surface area contributed by atoms with Crippen molar-refractivity contribution in [1.29, 1.82) is 0 Å². The summed E-state index contributed by atoms with van der Waals surface area (Å²) < 4.78 is 6.86. The Morgan fingerprint density at radius 2 is 2.00 bits per heavy atom. The molecule has 0 spiro atoms. The molecule has 0 fully saturated rings. The molecule has 4 heteroatoms. The first-order valence-corrected chi connectivity index (χ1v) is 8.25. The number of hydrogen-bond donors (Lipinski definition) is 0. The maximum Gasteiger partial charge on any atom is 0.321 e.